The highest BCUT2D eigenvalue weighted by Gasteiger charge is 2.12. The SMILES string of the molecule is COC(=O)c1ccccc1Nc1cc(Nc2cccc3cccnc23)ncn1. The van der Waals surface area contributed by atoms with Crippen molar-refractivity contribution in [3.63, 3.8) is 0 Å². The molecule has 0 aliphatic heterocycles. The van der Waals surface area contributed by atoms with Gasteiger partial charge in [0.15, 0.2) is 0 Å². The van der Waals surface area contributed by atoms with Crippen molar-refractivity contribution in [2.45, 2.75) is 0 Å². The Morgan fingerprint density at radius 2 is 1.57 bits per heavy atom. The number of hydrogen-bond donors (Lipinski definition) is 2. The average Bonchev–Trinajstić information content (AvgIpc) is 2.74. The molecule has 2 aromatic heterocycles. The number of ether oxygens (including phenoxy) is 1. The molecule has 2 aromatic carbocycles. The fourth-order valence-electron chi connectivity index (χ4n) is 2.86. The predicted octanol–water partition coefficient (Wildman–Crippen LogP) is 4.30. The summed E-state index contributed by atoms with van der Waals surface area (Å²) in [7, 11) is 1.35. The maximum Gasteiger partial charge on any atom is 0.339 e. The molecule has 0 spiro atoms. The summed E-state index contributed by atoms with van der Waals surface area (Å²) in [6, 6.07) is 18.7. The second-order valence-electron chi connectivity index (χ2n) is 5.96. The number of carbonyl (C=O) groups is 1. The minimum atomic E-state index is -0.419. The lowest BCUT2D eigenvalue weighted by Crippen LogP contribution is -2.06. The number of rotatable bonds is 5. The third-order valence-corrected chi connectivity index (χ3v) is 4.16. The molecule has 0 bridgehead atoms. The van der Waals surface area contributed by atoms with Crippen LogP contribution < -0.4 is 10.6 Å². The first kappa shape index (κ1) is 17.4. The molecule has 0 amide bonds. The fourth-order valence-corrected chi connectivity index (χ4v) is 2.86. The Hall–Kier alpha value is -4.00. The largest absolute Gasteiger partial charge is 0.465 e. The topological polar surface area (TPSA) is 89.0 Å². The van der Waals surface area contributed by atoms with Crippen molar-refractivity contribution < 1.29 is 9.53 Å². The number of esters is 1. The number of pyridine rings is 1. The second-order valence-corrected chi connectivity index (χ2v) is 5.96. The van der Waals surface area contributed by atoms with Gasteiger partial charge in [-0.3, -0.25) is 4.98 Å². The number of hydrogen-bond acceptors (Lipinski definition) is 7. The normalized spacial score (nSPS) is 10.5. The van der Waals surface area contributed by atoms with E-state index >= 15 is 0 Å². The van der Waals surface area contributed by atoms with Crippen LogP contribution in [0.15, 0.2) is 73.2 Å². The smallest absolute Gasteiger partial charge is 0.339 e. The lowest BCUT2D eigenvalue weighted by molar-refractivity contribution is 0.0602. The number of benzene rings is 2. The lowest BCUT2D eigenvalue weighted by Gasteiger charge is -2.12. The molecular weight excluding hydrogens is 354 g/mol. The summed E-state index contributed by atoms with van der Waals surface area (Å²) < 4.78 is 4.83. The molecule has 2 heterocycles. The van der Waals surface area contributed by atoms with Crippen LogP contribution in [0.2, 0.25) is 0 Å². The van der Waals surface area contributed by atoms with Crippen LogP contribution >= 0.6 is 0 Å². The number of fused-ring (bicyclic) bond motifs is 1. The van der Waals surface area contributed by atoms with Crippen molar-refractivity contribution >= 4 is 39.9 Å². The molecule has 0 saturated carbocycles. The van der Waals surface area contributed by atoms with E-state index in [0.29, 0.717) is 22.9 Å². The molecule has 7 heteroatoms. The van der Waals surface area contributed by atoms with Gasteiger partial charge in [0.05, 0.1) is 29.6 Å². The van der Waals surface area contributed by atoms with Crippen molar-refractivity contribution in [2.24, 2.45) is 0 Å². The van der Waals surface area contributed by atoms with Gasteiger partial charge in [0.2, 0.25) is 0 Å². The second kappa shape index (κ2) is 7.71. The average molecular weight is 371 g/mol. The third-order valence-electron chi connectivity index (χ3n) is 4.16. The Labute approximate surface area is 161 Å². The standard InChI is InChI=1S/C21H17N5O2/c1-28-21(27)15-8-2-3-9-16(15)25-18-12-19(24-13-23-18)26-17-10-4-6-14-7-5-11-22-20(14)17/h2-13H,1H3,(H2,23,24,25,26). The van der Waals surface area contributed by atoms with Crippen LogP contribution in [0.1, 0.15) is 10.4 Å². The number of carbonyl (C=O) groups excluding carboxylic acids is 1. The molecular formula is C21H17N5O2. The Morgan fingerprint density at radius 3 is 2.39 bits per heavy atom. The number of para-hydroxylation sites is 2. The van der Waals surface area contributed by atoms with Crippen LogP contribution in [0.4, 0.5) is 23.0 Å². The van der Waals surface area contributed by atoms with Crippen LogP contribution in [-0.2, 0) is 4.74 Å². The molecule has 4 aromatic rings. The first-order valence-corrected chi connectivity index (χ1v) is 8.62. The van der Waals surface area contributed by atoms with Gasteiger partial charge in [-0.1, -0.05) is 30.3 Å². The molecule has 0 fully saturated rings. The maximum absolute atomic E-state index is 11.9. The molecule has 0 atom stereocenters. The van der Waals surface area contributed by atoms with Crippen LogP contribution in [0, 0.1) is 0 Å². The van der Waals surface area contributed by atoms with E-state index in [-0.39, 0.29) is 0 Å². The summed E-state index contributed by atoms with van der Waals surface area (Å²) in [4.78, 5) is 24.9. The Morgan fingerprint density at radius 1 is 0.857 bits per heavy atom. The van der Waals surface area contributed by atoms with Crippen LogP contribution in [0.25, 0.3) is 10.9 Å². The van der Waals surface area contributed by atoms with Crippen molar-refractivity contribution in [1.29, 1.82) is 0 Å². The van der Waals surface area contributed by atoms with Gasteiger partial charge in [-0.15, -0.1) is 0 Å². The van der Waals surface area contributed by atoms with Gasteiger partial charge >= 0.3 is 5.97 Å². The monoisotopic (exact) mass is 371 g/mol. The van der Waals surface area contributed by atoms with Crippen molar-refractivity contribution in [3.8, 4) is 0 Å². The van der Waals surface area contributed by atoms with Gasteiger partial charge in [0.25, 0.3) is 0 Å². The van der Waals surface area contributed by atoms with E-state index < -0.39 is 5.97 Å². The Bertz CT molecular complexity index is 1140. The van der Waals surface area contributed by atoms with E-state index in [1.54, 1.807) is 30.5 Å². The summed E-state index contributed by atoms with van der Waals surface area (Å²) in [5, 5.41) is 7.45. The van der Waals surface area contributed by atoms with Crippen LogP contribution in [-0.4, -0.2) is 28.0 Å². The zero-order valence-electron chi connectivity index (χ0n) is 15.1. The Balaban J connectivity index is 1.62. The van der Waals surface area contributed by atoms with E-state index in [2.05, 4.69) is 25.6 Å². The number of aromatic nitrogens is 3. The maximum atomic E-state index is 11.9. The summed E-state index contributed by atoms with van der Waals surface area (Å²) in [6.07, 6.45) is 3.20. The fraction of sp³-hybridized carbons (Fsp3) is 0.0476. The quantitative estimate of drug-likeness (QED) is 0.506. The Kier molecular flexibility index (Phi) is 4.79. The minimum absolute atomic E-state index is 0.419. The van der Waals surface area contributed by atoms with E-state index in [1.165, 1.54) is 13.4 Å². The predicted molar refractivity (Wildman–Crippen MR) is 108 cm³/mol. The lowest BCUT2D eigenvalue weighted by atomic mass is 10.2. The van der Waals surface area contributed by atoms with E-state index in [4.69, 9.17) is 4.74 Å². The molecule has 0 radical (unpaired) electrons. The van der Waals surface area contributed by atoms with Gasteiger partial charge < -0.3 is 15.4 Å². The van der Waals surface area contributed by atoms with Crippen molar-refractivity contribution in [1.82, 2.24) is 15.0 Å². The number of anilines is 4. The van der Waals surface area contributed by atoms with E-state index in [1.807, 2.05) is 36.4 Å². The highest BCUT2D eigenvalue weighted by atomic mass is 16.5. The number of methoxy groups -OCH3 is 1. The van der Waals surface area contributed by atoms with Crippen LogP contribution in [0.5, 0.6) is 0 Å². The van der Waals surface area contributed by atoms with Crippen molar-refractivity contribution in [3.05, 3.63) is 78.8 Å². The molecule has 0 aliphatic carbocycles. The zero-order valence-corrected chi connectivity index (χ0v) is 15.1. The van der Waals surface area contributed by atoms with Gasteiger partial charge in [0, 0.05) is 17.6 Å². The third kappa shape index (κ3) is 3.59. The van der Waals surface area contributed by atoms with Gasteiger partial charge in [-0.25, -0.2) is 14.8 Å². The molecule has 7 nitrogen and oxygen atoms in total. The van der Waals surface area contributed by atoms with Crippen LogP contribution in [0.3, 0.4) is 0 Å². The molecule has 28 heavy (non-hydrogen) atoms. The molecule has 138 valence electrons. The number of nitrogens with one attached hydrogen (secondary N) is 2. The first-order chi connectivity index (χ1) is 13.7. The summed E-state index contributed by atoms with van der Waals surface area (Å²) in [6.45, 7) is 0. The van der Waals surface area contributed by atoms with Gasteiger partial charge in [0.1, 0.15) is 18.0 Å². The summed E-state index contributed by atoms with van der Waals surface area (Å²) in [5.41, 5.74) is 2.73. The van der Waals surface area contributed by atoms with E-state index in [0.717, 1.165) is 16.6 Å². The van der Waals surface area contributed by atoms with E-state index in [9.17, 15) is 4.79 Å². The summed E-state index contributed by atoms with van der Waals surface area (Å²) in [5.74, 6) is 0.727. The first-order valence-electron chi connectivity index (χ1n) is 8.62. The molecule has 0 saturated heterocycles. The number of nitrogens with zero attached hydrogens (tertiary/aromatic N) is 3. The highest BCUT2D eigenvalue weighted by Crippen LogP contribution is 2.25. The van der Waals surface area contributed by atoms with Gasteiger partial charge in [-0.2, -0.15) is 0 Å². The molecule has 4 rings (SSSR count). The minimum Gasteiger partial charge on any atom is -0.465 e. The van der Waals surface area contributed by atoms with Gasteiger partial charge in [-0.05, 0) is 24.3 Å². The molecule has 0 unspecified atom stereocenters. The zero-order chi connectivity index (χ0) is 19.3. The highest BCUT2D eigenvalue weighted by molar-refractivity contribution is 5.96. The molecule has 2 N–H and O–H groups in total. The summed E-state index contributed by atoms with van der Waals surface area (Å²) >= 11 is 0. The van der Waals surface area contributed by atoms with Crippen molar-refractivity contribution in [2.75, 3.05) is 17.7 Å². The molecule has 0 aliphatic rings.